The largest absolute Gasteiger partial charge is 0.348 e. The first-order chi connectivity index (χ1) is 14.0. The average molecular weight is 408 g/mol. The van der Waals surface area contributed by atoms with Crippen molar-refractivity contribution < 1.29 is 9.59 Å². The second kappa shape index (κ2) is 8.25. The number of carbonyl (C=O) groups excluding carboxylic acids is 2. The van der Waals surface area contributed by atoms with Gasteiger partial charge in [0.15, 0.2) is 0 Å². The second-order valence-electron chi connectivity index (χ2n) is 7.45. The Labute approximate surface area is 175 Å². The normalized spacial score (nSPS) is 13.9. The molecule has 2 amide bonds. The molecule has 1 aliphatic heterocycles. The Kier molecular flexibility index (Phi) is 5.53. The van der Waals surface area contributed by atoms with Crippen LogP contribution in [0.2, 0.25) is 0 Å². The lowest BCUT2D eigenvalue weighted by molar-refractivity contribution is -0.117. The number of amides is 2. The quantitative estimate of drug-likeness (QED) is 0.663. The van der Waals surface area contributed by atoms with Crippen LogP contribution in [0.1, 0.15) is 45.0 Å². The monoisotopic (exact) mass is 407 g/mol. The van der Waals surface area contributed by atoms with Crippen molar-refractivity contribution in [1.82, 2.24) is 9.88 Å². The van der Waals surface area contributed by atoms with E-state index in [9.17, 15) is 9.59 Å². The van der Waals surface area contributed by atoms with Gasteiger partial charge in [0, 0.05) is 41.5 Å². The summed E-state index contributed by atoms with van der Waals surface area (Å²) in [6.45, 7) is 6.07. The molecule has 0 spiro atoms. The Balaban J connectivity index is 1.40. The zero-order valence-electron chi connectivity index (χ0n) is 16.8. The molecule has 1 fully saturated rings. The molecule has 0 bridgehead atoms. The minimum atomic E-state index is -0.0608. The lowest BCUT2D eigenvalue weighted by Crippen LogP contribution is -2.24. The summed E-state index contributed by atoms with van der Waals surface area (Å²) in [5.74, 6) is 0.123. The van der Waals surface area contributed by atoms with E-state index < -0.39 is 0 Å². The summed E-state index contributed by atoms with van der Waals surface area (Å²) in [5, 5.41) is 5.09. The molecule has 3 heterocycles. The van der Waals surface area contributed by atoms with Crippen molar-refractivity contribution in [1.29, 1.82) is 0 Å². The van der Waals surface area contributed by atoms with Crippen LogP contribution in [-0.2, 0) is 17.9 Å². The standard InChI is InChI=1S/C23H25N3O2S/c1-16-13-21(17(2)26(16)15-20-5-4-12-29-20)23(28)24-14-18-7-9-19(10-8-18)25-11-3-6-22(25)27/h4-5,7-10,12-13H,3,6,11,14-15H2,1-2H3,(H,24,28). The predicted octanol–water partition coefficient (Wildman–Crippen LogP) is 4.27. The maximum Gasteiger partial charge on any atom is 0.253 e. The maximum absolute atomic E-state index is 12.8. The lowest BCUT2D eigenvalue weighted by Gasteiger charge is -2.16. The summed E-state index contributed by atoms with van der Waals surface area (Å²) in [6.07, 6.45) is 1.55. The summed E-state index contributed by atoms with van der Waals surface area (Å²) in [5.41, 5.74) is 4.73. The number of nitrogens with zero attached hydrogens (tertiary/aromatic N) is 2. The van der Waals surface area contributed by atoms with E-state index >= 15 is 0 Å². The summed E-state index contributed by atoms with van der Waals surface area (Å²) < 4.78 is 2.18. The van der Waals surface area contributed by atoms with Crippen LogP contribution in [0, 0.1) is 13.8 Å². The molecule has 150 valence electrons. The number of benzene rings is 1. The molecule has 0 saturated carbocycles. The molecule has 6 heteroatoms. The number of aromatic nitrogens is 1. The van der Waals surface area contributed by atoms with Crippen molar-refractivity contribution in [3.05, 3.63) is 75.2 Å². The van der Waals surface area contributed by atoms with Crippen LogP contribution in [0.3, 0.4) is 0 Å². The first-order valence-electron chi connectivity index (χ1n) is 9.89. The molecule has 0 unspecified atom stereocenters. The molecule has 4 rings (SSSR count). The van der Waals surface area contributed by atoms with E-state index in [2.05, 4.69) is 21.3 Å². The Morgan fingerprint density at radius 2 is 1.97 bits per heavy atom. The molecule has 3 aromatic rings. The second-order valence-corrected chi connectivity index (χ2v) is 8.48. The van der Waals surface area contributed by atoms with Crippen LogP contribution in [0.25, 0.3) is 0 Å². The molecule has 1 aromatic carbocycles. The van der Waals surface area contributed by atoms with Gasteiger partial charge in [-0.3, -0.25) is 9.59 Å². The molecule has 0 aliphatic carbocycles. The molecule has 1 aliphatic rings. The number of aryl methyl sites for hydroxylation is 1. The van der Waals surface area contributed by atoms with Crippen molar-refractivity contribution >= 4 is 28.8 Å². The zero-order chi connectivity index (χ0) is 20.4. The van der Waals surface area contributed by atoms with Crippen LogP contribution >= 0.6 is 11.3 Å². The van der Waals surface area contributed by atoms with Crippen LogP contribution in [0.5, 0.6) is 0 Å². The zero-order valence-corrected chi connectivity index (χ0v) is 17.6. The average Bonchev–Trinajstić information content (AvgIpc) is 3.45. The highest BCUT2D eigenvalue weighted by Gasteiger charge is 2.21. The van der Waals surface area contributed by atoms with Gasteiger partial charge in [0.2, 0.25) is 5.91 Å². The maximum atomic E-state index is 12.8. The van der Waals surface area contributed by atoms with Crippen molar-refractivity contribution in [2.75, 3.05) is 11.4 Å². The van der Waals surface area contributed by atoms with E-state index in [1.54, 1.807) is 11.3 Å². The molecule has 2 aromatic heterocycles. The minimum Gasteiger partial charge on any atom is -0.348 e. The van der Waals surface area contributed by atoms with Crippen molar-refractivity contribution in [3.8, 4) is 0 Å². The highest BCUT2D eigenvalue weighted by atomic mass is 32.1. The topological polar surface area (TPSA) is 54.3 Å². The Hall–Kier alpha value is -2.86. The molecule has 0 radical (unpaired) electrons. The number of thiophene rings is 1. The van der Waals surface area contributed by atoms with Crippen LogP contribution < -0.4 is 10.2 Å². The van der Waals surface area contributed by atoms with E-state index in [1.165, 1.54) is 4.88 Å². The van der Waals surface area contributed by atoms with Gasteiger partial charge < -0.3 is 14.8 Å². The molecule has 1 N–H and O–H groups in total. The Bertz CT molecular complexity index is 1020. The Morgan fingerprint density at radius 1 is 1.17 bits per heavy atom. The van der Waals surface area contributed by atoms with Crippen LogP contribution in [0.4, 0.5) is 5.69 Å². The van der Waals surface area contributed by atoms with Crippen molar-refractivity contribution in [3.63, 3.8) is 0 Å². The van der Waals surface area contributed by atoms with Gasteiger partial charge in [-0.2, -0.15) is 0 Å². The van der Waals surface area contributed by atoms with Gasteiger partial charge in [-0.15, -0.1) is 11.3 Å². The van der Waals surface area contributed by atoms with Gasteiger partial charge in [0.1, 0.15) is 0 Å². The molecule has 1 saturated heterocycles. The van der Waals surface area contributed by atoms with Crippen LogP contribution in [0.15, 0.2) is 47.8 Å². The third kappa shape index (κ3) is 4.12. The fraction of sp³-hybridized carbons (Fsp3) is 0.304. The number of carbonyl (C=O) groups is 2. The van der Waals surface area contributed by atoms with Crippen molar-refractivity contribution in [2.45, 2.75) is 39.8 Å². The summed E-state index contributed by atoms with van der Waals surface area (Å²) in [6, 6.07) is 14.0. The molecular weight excluding hydrogens is 382 g/mol. The summed E-state index contributed by atoms with van der Waals surface area (Å²) >= 11 is 1.72. The highest BCUT2D eigenvalue weighted by molar-refractivity contribution is 7.09. The van der Waals surface area contributed by atoms with E-state index in [-0.39, 0.29) is 11.8 Å². The third-order valence-corrected chi connectivity index (χ3v) is 6.35. The van der Waals surface area contributed by atoms with Gasteiger partial charge in [-0.25, -0.2) is 0 Å². The highest BCUT2D eigenvalue weighted by Crippen LogP contribution is 2.22. The van der Waals surface area contributed by atoms with Crippen LogP contribution in [-0.4, -0.2) is 22.9 Å². The number of anilines is 1. The molecule has 29 heavy (non-hydrogen) atoms. The molecule has 0 atom stereocenters. The van der Waals surface area contributed by atoms with Gasteiger partial charge in [0.05, 0.1) is 12.1 Å². The first-order valence-corrected chi connectivity index (χ1v) is 10.8. The third-order valence-electron chi connectivity index (χ3n) is 5.49. The Morgan fingerprint density at radius 3 is 2.62 bits per heavy atom. The number of hydrogen-bond donors (Lipinski definition) is 1. The van der Waals surface area contributed by atoms with Gasteiger partial charge >= 0.3 is 0 Å². The predicted molar refractivity (Wildman–Crippen MR) is 117 cm³/mol. The van der Waals surface area contributed by atoms with Crippen molar-refractivity contribution in [2.24, 2.45) is 0 Å². The molecular formula is C23H25N3O2S. The van der Waals surface area contributed by atoms with E-state index in [0.29, 0.717) is 13.0 Å². The van der Waals surface area contributed by atoms with E-state index in [4.69, 9.17) is 0 Å². The lowest BCUT2D eigenvalue weighted by atomic mass is 10.2. The fourth-order valence-electron chi connectivity index (χ4n) is 3.83. The molecule has 5 nitrogen and oxygen atoms in total. The van der Waals surface area contributed by atoms with Gasteiger partial charge in [-0.1, -0.05) is 18.2 Å². The first kappa shape index (κ1) is 19.5. The summed E-state index contributed by atoms with van der Waals surface area (Å²) in [4.78, 5) is 27.7. The fourth-order valence-corrected chi connectivity index (χ4v) is 4.52. The summed E-state index contributed by atoms with van der Waals surface area (Å²) in [7, 11) is 0. The van der Waals surface area contributed by atoms with Gasteiger partial charge in [0.25, 0.3) is 5.91 Å². The van der Waals surface area contributed by atoms with E-state index in [1.807, 2.05) is 55.1 Å². The van der Waals surface area contributed by atoms with Gasteiger partial charge in [-0.05, 0) is 55.5 Å². The number of nitrogens with one attached hydrogen (secondary N) is 1. The number of rotatable bonds is 6. The number of hydrogen-bond acceptors (Lipinski definition) is 3. The van der Waals surface area contributed by atoms with E-state index in [0.717, 1.165) is 47.7 Å². The smallest absolute Gasteiger partial charge is 0.253 e. The minimum absolute atomic E-state index is 0.0608. The SMILES string of the molecule is Cc1cc(C(=O)NCc2ccc(N3CCCC3=O)cc2)c(C)n1Cc1cccs1.